The van der Waals surface area contributed by atoms with E-state index in [1.54, 1.807) is 5.06 Å². The molecule has 1 aromatic carbocycles. The zero-order chi connectivity index (χ0) is 15.4. The molecule has 3 rings (SSSR count). The van der Waals surface area contributed by atoms with Gasteiger partial charge in [0.1, 0.15) is 12.1 Å². The Morgan fingerprint density at radius 3 is 2.71 bits per heavy atom. The lowest BCUT2D eigenvalue weighted by molar-refractivity contribution is -0.193. The number of rotatable bonds is 3. The second-order valence-electron chi connectivity index (χ2n) is 5.07. The average Bonchev–Trinajstić information content (AvgIpc) is 3.05. The maximum absolute atomic E-state index is 11.8. The second kappa shape index (κ2) is 7.02. The normalized spacial score (nSPS) is 27.8. The number of aliphatic hydroxyl groups excluding tert-OH is 1. The molecular formula is C16H23NO4. The standard InChI is InChI=1S/C14H17NO4.C2H6/c1-9-4-2-3-5-10(9)6-15-13-11(8-18-14(13)17)12(7-16)19-15;1-2/h2-5,11-13,16H,6-8H2,1H3;1-2H3/t11-,12?,13+;/m1./s1. The van der Waals surface area contributed by atoms with Gasteiger partial charge in [0.05, 0.1) is 25.7 Å². The molecule has 5 heteroatoms. The molecule has 2 aliphatic heterocycles. The molecule has 1 N–H and O–H groups in total. The zero-order valence-corrected chi connectivity index (χ0v) is 12.8. The molecule has 5 nitrogen and oxygen atoms in total. The average molecular weight is 293 g/mol. The minimum atomic E-state index is -0.392. The van der Waals surface area contributed by atoms with Gasteiger partial charge in [-0.2, -0.15) is 5.06 Å². The summed E-state index contributed by atoms with van der Waals surface area (Å²) in [5.74, 6) is -0.323. The zero-order valence-electron chi connectivity index (χ0n) is 12.8. The van der Waals surface area contributed by atoms with Crippen LogP contribution in [0.5, 0.6) is 0 Å². The smallest absolute Gasteiger partial charge is 0.326 e. The minimum Gasteiger partial charge on any atom is -0.464 e. The van der Waals surface area contributed by atoms with Gasteiger partial charge >= 0.3 is 5.97 Å². The van der Waals surface area contributed by atoms with Crippen molar-refractivity contribution in [3.63, 3.8) is 0 Å². The van der Waals surface area contributed by atoms with Crippen molar-refractivity contribution >= 4 is 5.97 Å². The minimum absolute atomic E-state index is 0.0680. The van der Waals surface area contributed by atoms with Crippen LogP contribution in [0.15, 0.2) is 24.3 Å². The topological polar surface area (TPSA) is 59.0 Å². The highest BCUT2D eigenvalue weighted by atomic mass is 16.7. The van der Waals surface area contributed by atoms with Crippen LogP contribution in [-0.4, -0.2) is 41.5 Å². The summed E-state index contributed by atoms with van der Waals surface area (Å²) in [5.41, 5.74) is 2.26. The second-order valence-corrected chi connectivity index (χ2v) is 5.07. The maximum Gasteiger partial charge on any atom is 0.326 e. The Kier molecular flexibility index (Phi) is 5.33. The number of carbonyl (C=O) groups excluding carboxylic acids is 1. The van der Waals surface area contributed by atoms with Crippen LogP contribution in [0, 0.1) is 12.8 Å². The van der Waals surface area contributed by atoms with Gasteiger partial charge in [0, 0.05) is 0 Å². The SMILES string of the molecule is CC.Cc1ccccc1CN1OC(CO)[C@H]2COC(=O)[C@H]21. The van der Waals surface area contributed by atoms with E-state index in [0.717, 1.165) is 11.1 Å². The van der Waals surface area contributed by atoms with Crippen molar-refractivity contribution in [1.29, 1.82) is 0 Å². The summed E-state index contributed by atoms with van der Waals surface area (Å²) in [5, 5.41) is 11.0. The predicted molar refractivity (Wildman–Crippen MR) is 78.3 cm³/mol. The van der Waals surface area contributed by atoms with Crippen LogP contribution in [0.25, 0.3) is 0 Å². The molecule has 2 fully saturated rings. The van der Waals surface area contributed by atoms with Gasteiger partial charge in [-0.05, 0) is 18.1 Å². The summed E-state index contributed by atoms with van der Waals surface area (Å²) < 4.78 is 5.08. The Bertz CT molecular complexity index is 491. The molecular weight excluding hydrogens is 270 g/mol. The third kappa shape index (κ3) is 3.10. The first kappa shape index (κ1) is 15.9. The molecule has 3 atom stereocenters. The van der Waals surface area contributed by atoms with E-state index in [1.165, 1.54) is 0 Å². The molecule has 0 saturated carbocycles. The Hall–Kier alpha value is -1.43. The van der Waals surface area contributed by atoms with Gasteiger partial charge in [0.2, 0.25) is 0 Å². The Morgan fingerprint density at radius 2 is 2.05 bits per heavy atom. The van der Waals surface area contributed by atoms with Crippen molar-refractivity contribution in [3.05, 3.63) is 35.4 Å². The molecule has 0 aromatic heterocycles. The van der Waals surface area contributed by atoms with Crippen molar-refractivity contribution in [2.45, 2.75) is 39.5 Å². The van der Waals surface area contributed by atoms with Gasteiger partial charge in [0.15, 0.2) is 0 Å². The van der Waals surface area contributed by atoms with Crippen LogP contribution in [-0.2, 0) is 20.9 Å². The number of hydrogen-bond acceptors (Lipinski definition) is 5. The largest absolute Gasteiger partial charge is 0.464 e. The molecule has 0 aliphatic carbocycles. The number of nitrogens with zero attached hydrogens (tertiary/aromatic N) is 1. The molecule has 2 saturated heterocycles. The summed E-state index contributed by atoms with van der Waals surface area (Å²) in [6, 6.07) is 7.59. The number of aryl methyl sites for hydroxylation is 1. The lowest BCUT2D eigenvalue weighted by Gasteiger charge is -2.20. The fraction of sp³-hybridized carbons (Fsp3) is 0.562. The van der Waals surface area contributed by atoms with Crippen molar-refractivity contribution in [1.82, 2.24) is 5.06 Å². The highest BCUT2D eigenvalue weighted by Crippen LogP contribution is 2.34. The third-order valence-corrected chi connectivity index (χ3v) is 3.89. The van der Waals surface area contributed by atoms with Gasteiger partial charge in [0.25, 0.3) is 0 Å². The first-order valence-electron chi connectivity index (χ1n) is 7.46. The third-order valence-electron chi connectivity index (χ3n) is 3.89. The Morgan fingerprint density at radius 1 is 1.33 bits per heavy atom. The van der Waals surface area contributed by atoms with Gasteiger partial charge in [-0.1, -0.05) is 38.1 Å². The van der Waals surface area contributed by atoms with E-state index in [9.17, 15) is 9.90 Å². The summed E-state index contributed by atoms with van der Waals surface area (Å²) in [7, 11) is 0. The Balaban J connectivity index is 0.000000774. The van der Waals surface area contributed by atoms with Crippen LogP contribution < -0.4 is 0 Å². The molecule has 21 heavy (non-hydrogen) atoms. The van der Waals surface area contributed by atoms with Crippen LogP contribution in [0.4, 0.5) is 0 Å². The summed E-state index contributed by atoms with van der Waals surface area (Å²) in [6.45, 7) is 6.79. The lowest BCUT2D eigenvalue weighted by atomic mass is 9.98. The number of aliphatic hydroxyl groups is 1. The van der Waals surface area contributed by atoms with Gasteiger partial charge in [-0.3, -0.25) is 9.63 Å². The van der Waals surface area contributed by atoms with E-state index >= 15 is 0 Å². The number of hydroxylamine groups is 2. The van der Waals surface area contributed by atoms with Crippen LogP contribution in [0.2, 0.25) is 0 Å². The van der Waals surface area contributed by atoms with Crippen LogP contribution in [0.3, 0.4) is 0 Å². The lowest BCUT2D eigenvalue weighted by Crippen LogP contribution is -2.35. The van der Waals surface area contributed by atoms with Crippen LogP contribution >= 0.6 is 0 Å². The molecule has 1 aromatic rings. The number of cyclic esters (lactones) is 1. The highest BCUT2D eigenvalue weighted by molar-refractivity contribution is 5.78. The van der Waals surface area contributed by atoms with E-state index in [4.69, 9.17) is 9.57 Å². The molecule has 116 valence electrons. The number of esters is 1. The summed E-state index contributed by atoms with van der Waals surface area (Å²) in [4.78, 5) is 17.5. The van der Waals surface area contributed by atoms with Gasteiger partial charge in [-0.25, -0.2) is 0 Å². The molecule has 2 aliphatic rings. The molecule has 1 unspecified atom stereocenters. The first-order valence-corrected chi connectivity index (χ1v) is 7.46. The van der Waals surface area contributed by atoms with Crippen LogP contribution in [0.1, 0.15) is 25.0 Å². The fourth-order valence-corrected chi connectivity index (χ4v) is 2.75. The summed E-state index contributed by atoms with van der Waals surface area (Å²) in [6.07, 6.45) is -0.347. The molecule has 0 bridgehead atoms. The molecule has 0 radical (unpaired) electrons. The van der Waals surface area contributed by atoms with E-state index in [1.807, 2.05) is 45.0 Å². The van der Waals surface area contributed by atoms with E-state index in [-0.39, 0.29) is 24.6 Å². The predicted octanol–water partition coefficient (Wildman–Crippen LogP) is 1.67. The van der Waals surface area contributed by atoms with Crippen molar-refractivity contribution in [2.75, 3.05) is 13.2 Å². The molecule has 0 spiro atoms. The Labute approximate surface area is 125 Å². The van der Waals surface area contributed by atoms with E-state index in [2.05, 4.69) is 0 Å². The highest BCUT2D eigenvalue weighted by Gasteiger charge is 2.52. The fourth-order valence-electron chi connectivity index (χ4n) is 2.75. The molecule has 2 heterocycles. The summed E-state index contributed by atoms with van der Waals surface area (Å²) >= 11 is 0. The number of carbonyl (C=O) groups is 1. The number of hydrogen-bond donors (Lipinski definition) is 1. The van der Waals surface area contributed by atoms with E-state index < -0.39 is 6.04 Å². The van der Waals surface area contributed by atoms with Gasteiger partial charge in [-0.15, -0.1) is 0 Å². The number of fused-ring (bicyclic) bond motifs is 1. The number of benzene rings is 1. The van der Waals surface area contributed by atoms with Crippen molar-refractivity contribution in [2.24, 2.45) is 5.92 Å². The van der Waals surface area contributed by atoms with E-state index in [0.29, 0.717) is 13.2 Å². The monoisotopic (exact) mass is 293 g/mol. The quantitative estimate of drug-likeness (QED) is 0.859. The first-order chi connectivity index (χ1) is 10.2. The van der Waals surface area contributed by atoms with Gasteiger partial charge < -0.3 is 9.84 Å². The molecule has 0 amide bonds. The van der Waals surface area contributed by atoms with Crippen molar-refractivity contribution < 1.29 is 19.5 Å². The number of ether oxygens (including phenoxy) is 1. The van der Waals surface area contributed by atoms with Crippen molar-refractivity contribution in [3.8, 4) is 0 Å². The maximum atomic E-state index is 11.8.